The number of nitro benzene ring substituents is 1. The predicted molar refractivity (Wildman–Crippen MR) is 144 cm³/mol. The summed E-state index contributed by atoms with van der Waals surface area (Å²) in [5, 5.41) is 14.7. The number of nitrogens with one attached hydrogen (secondary N) is 1. The third-order valence-electron chi connectivity index (χ3n) is 6.00. The number of nitrogens with zero attached hydrogens (tertiary/aromatic N) is 3. The first kappa shape index (κ1) is 30.0. The van der Waals surface area contributed by atoms with Crippen molar-refractivity contribution in [2.24, 2.45) is 0 Å². The van der Waals surface area contributed by atoms with Crippen molar-refractivity contribution >= 4 is 44.8 Å². The van der Waals surface area contributed by atoms with E-state index in [1.807, 2.05) is 13.8 Å². The second kappa shape index (κ2) is 12.9. The highest BCUT2D eigenvalue weighted by molar-refractivity contribution is 7.92. The molecule has 1 N–H and O–H groups in total. The van der Waals surface area contributed by atoms with Crippen LogP contribution in [0.5, 0.6) is 0 Å². The minimum Gasteiger partial charge on any atom is -0.352 e. The largest absolute Gasteiger partial charge is 0.352 e. The highest BCUT2D eigenvalue weighted by Gasteiger charge is 2.33. The van der Waals surface area contributed by atoms with Gasteiger partial charge in [-0.3, -0.25) is 24.0 Å². The van der Waals surface area contributed by atoms with Gasteiger partial charge in [-0.15, -0.1) is 0 Å². The van der Waals surface area contributed by atoms with E-state index < -0.39 is 33.4 Å². The second-order valence-corrected chi connectivity index (χ2v) is 11.2. The number of halogens is 1. The third-order valence-corrected chi connectivity index (χ3v) is 7.38. The number of hydrogen-bond acceptors (Lipinski definition) is 6. The Bertz CT molecular complexity index is 1240. The lowest BCUT2D eigenvalue weighted by Gasteiger charge is -2.33. The van der Waals surface area contributed by atoms with Crippen molar-refractivity contribution in [2.45, 2.75) is 59.2 Å². The zero-order valence-electron chi connectivity index (χ0n) is 21.6. The molecule has 0 aliphatic heterocycles. The van der Waals surface area contributed by atoms with Gasteiger partial charge in [0.05, 0.1) is 16.9 Å². The number of sulfonamides is 1. The van der Waals surface area contributed by atoms with Crippen LogP contribution in [-0.4, -0.2) is 54.9 Å². The van der Waals surface area contributed by atoms with Crippen LogP contribution in [0.25, 0.3) is 0 Å². The molecule has 2 amide bonds. The number of carbonyl (C=O) groups is 2. The molecule has 0 aromatic heterocycles. The van der Waals surface area contributed by atoms with Crippen LogP contribution < -0.4 is 9.62 Å². The van der Waals surface area contributed by atoms with Gasteiger partial charge in [0, 0.05) is 29.7 Å². The average molecular weight is 553 g/mol. The van der Waals surface area contributed by atoms with E-state index in [1.165, 1.54) is 17.0 Å². The number of hydrogen-bond donors (Lipinski definition) is 1. The lowest BCUT2D eigenvalue weighted by Crippen LogP contribution is -2.53. The molecule has 0 fully saturated rings. The Balaban J connectivity index is 2.52. The number of aryl methyl sites for hydroxylation is 1. The third kappa shape index (κ3) is 8.16. The van der Waals surface area contributed by atoms with E-state index in [1.54, 1.807) is 38.1 Å². The highest BCUT2D eigenvalue weighted by atomic mass is 35.5. The quantitative estimate of drug-likeness (QED) is 0.312. The predicted octanol–water partition coefficient (Wildman–Crippen LogP) is 4.04. The van der Waals surface area contributed by atoms with Gasteiger partial charge in [-0.1, -0.05) is 43.6 Å². The molecule has 2 aromatic carbocycles. The topological polar surface area (TPSA) is 130 Å². The smallest absolute Gasteiger partial charge is 0.271 e. The molecule has 0 aliphatic rings. The van der Waals surface area contributed by atoms with E-state index in [4.69, 9.17) is 11.6 Å². The SMILES string of the molecule is CC[C@@H](C)NC(=O)[C@@H](CC)N(Cc1ccc(Cl)cc1)C(=O)CN(c1cc([N+](=O)[O-])ccc1C)S(C)(=O)=O. The Morgan fingerprint density at radius 3 is 2.24 bits per heavy atom. The van der Waals surface area contributed by atoms with Crippen molar-refractivity contribution < 1.29 is 22.9 Å². The summed E-state index contributed by atoms with van der Waals surface area (Å²) in [6.07, 6.45) is 1.91. The summed E-state index contributed by atoms with van der Waals surface area (Å²) in [6, 6.07) is 9.60. The van der Waals surface area contributed by atoms with Crippen molar-refractivity contribution in [2.75, 3.05) is 17.1 Å². The Morgan fingerprint density at radius 2 is 1.73 bits per heavy atom. The van der Waals surface area contributed by atoms with Gasteiger partial charge in [-0.25, -0.2) is 8.42 Å². The van der Waals surface area contributed by atoms with Crippen molar-refractivity contribution in [3.05, 3.63) is 68.7 Å². The van der Waals surface area contributed by atoms with Crippen LogP contribution in [0.1, 0.15) is 44.7 Å². The molecule has 12 heteroatoms. The fraction of sp³-hybridized carbons (Fsp3) is 0.440. The summed E-state index contributed by atoms with van der Waals surface area (Å²) in [5.41, 5.74) is 0.854. The molecule has 0 saturated carbocycles. The summed E-state index contributed by atoms with van der Waals surface area (Å²) in [5.74, 6) is -0.978. The van der Waals surface area contributed by atoms with Crippen molar-refractivity contribution in [1.29, 1.82) is 0 Å². The molecular formula is C25H33ClN4O6S. The fourth-order valence-electron chi connectivity index (χ4n) is 3.72. The van der Waals surface area contributed by atoms with Crippen molar-refractivity contribution in [1.82, 2.24) is 10.2 Å². The number of benzene rings is 2. The fourth-order valence-corrected chi connectivity index (χ4v) is 4.75. The zero-order chi connectivity index (χ0) is 27.9. The Kier molecular flexibility index (Phi) is 10.4. The van der Waals surface area contributed by atoms with E-state index in [9.17, 15) is 28.1 Å². The molecule has 0 heterocycles. The first-order valence-corrected chi connectivity index (χ1v) is 14.1. The van der Waals surface area contributed by atoms with Crippen LogP contribution in [0.4, 0.5) is 11.4 Å². The normalized spacial score (nSPS) is 12.9. The maximum atomic E-state index is 13.7. The monoisotopic (exact) mass is 552 g/mol. The van der Waals surface area contributed by atoms with Gasteiger partial charge in [0.15, 0.2) is 0 Å². The van der Waals surface area contributed by atoms with Crippen LogP contribution in [0.2, 0.25) is 5.02 Å². The standard InChI is InChI=1S/C25H33ClN4O6S/c1-6-18(4)27-25(32)22(7-2)28(15-19-9-11-20(26)12-10-19)24(31)16-29(37(5,35)36)23-14-21(30(33)34)13-8-17(23)3/h8-14,18,22H,6-7,15-16H2,1-5H3,(H,27,32)/t18-,22-/m1/s1. The molecule has 2 rings (SSSR count). The molecule has 0 saturated heterocycles. The van der Waals surface area contributed by atoms with Crippen LogP contribution in [0.15, 0.2) is 42.5 Å². The second-order valence-electron chi connectivity index (χ2n) is 8.89. The van der Waals surface area contributed by atoms with E-state index in [0.717, 1.165) is 16.6 Å². The molecule has 0 aliphatic carbocycles. The summed E-state index contributed by atoms with van der Waals surface area (Å²) in [6.45, 7) is 6.54. The Morgan fingerprint density at radius 1 is 1.11 bits per heavy atom. The van der Waals surface area contributed by atoms with Gasteiger partial charge in [-0.2, -0.15) is 0 Å². The lowest BCUT2D eigenvalue weighted by molar-refractivity contribution is -0.384. The molecule has 0 radical (unpaired) electrons. The van der Waals surface area contributed by atoms with Crippen LogP contribution in [-0.2, 0) is 26.2 Å². The first-order chi connectivity index (χ1) is 17.3. The average Bonchev–Trinajstić information content (AvgIpc) is 2.83. The summed E-state index contributed by atoms with van der Waals surface area (Å²) in [4.78, 5) is 38.9. The number of rotatable bonds is 12. The van der Waals surface area contributed by atoms with Gasteiger partial charge in [0.25, 0.3) is 5.69 Å². The maximum Gasteiger partial charge on any atom is 0.271 e. The maximum absolute atomic E-state index is 13.7. The number of amides is 2. The van der Waals surface area contributed by atoms with E-state index >= 15 is 0 Å². The van der Waals surface area contributed by atoms with E-state index in [0.29, 0.717) is 22.6 Å². The first-order valence-electron chi connectivity index (χ1n) is 11.8. The number of carbonyl (C=O) groups excluding carboxylic acids is 2. The van der Waals surface area contributed by atoms with Crippen LogP contribution in [0, 0.1) is 17.0 Å². The van der Waals surface area contributed by atoms with Gasteiger partial charge in [0.2, 0.25) is 21.8 Å². The molecule has 0 bridgehead atoms. The van der Waals surface area contributed by atoms with Gasteiger partial charge < -0.3 is 10.2 Å². The molecule has 10 nitrogen and oxygen atoms in total. The molecule has 37 heavy (non-hydrogen) atoms. The lowest BCUT2D eigenvalue weighted by atomic mass is 10.1. The minimum absolute atomic E-state index is 0.0219. The van der Waals surface area contributed by atoms with Crippen LogP contribution in [0.3, 0.4) is 0 Å². The minimum atomic E-state index is -4.02. The molecule has 0 unspecified atom stereocenters. The van der Waals surface area contributed by atoms with Crippen molar-refractivity contribution in [3.8, 4) is 0 Å². The van der Waals surface area contributed by atoms with Gasteiger partial charge >= 0.3 is 0 Å². The van der Waals surface area contributed by atoms with E-state index in [-0.39, 0.29) is 36.3 Å². The highest BCUT2D eigenvalue weighted by Crippen LogP contribution is 2.28. The Hall–Kier alpha value is -3.18. The number of non-ortho nitro benzene ring substituents is 1. The van der Waals surface area contributed by atoms with Crippen molar-refractivity contribution in [3.63, 3.8) is 0 Å². The van der Waals surface area contributed by atoms with Gasteiger partial charge in [0.1, 0.15) is 12.6 Å². The van der Waals surface area contributed by atoms with Gasteiger partial charge in [-0.05, 0) is 49.9 Å². The van der Waals surface area contributed by atoms with E-state index in [2.05, 4.69) is 5.32 Å². The number of anilines is 1. The summed E-state index contributed by atoms with van der Waals surface area (Å²) < 4.78 is 26.4. The molecule has 0 spiro atoms. The molecule has 2 aromatic rings. The summed E-state index contributed by atoms with van der Waals surface area (Å²) >= 11 is 5.99. The molecule has 2 atom stereocenters. The molecular weight excluding hydrogens is 520 g/mol. The number of nitro groups is 1. The Labute approximate surface area is 222 Å². The summed E-state index contributed by atoms with van der Waals surface area (Å²) in [7, 11) is -4.02. The zero-order valence-corrected chi connectivity index (χ0v) is 23.2. The van der Waals surface area contributed by atoms with Crippen LogP contribution >= 0.6 is 11.6 Å². The molecule has 202 valence electrons.